The molecule has 9 rings (SSSR count). The van der Waals surface area contributed by atoms with Gasteiger partial charge in [-0.25, -0.2) is 9.97 Å². The van der Waals surface area contributed by atoms with Gasteiger partial charge in [-0.15, -0.1) is 0 Å². The Labute approximate surface area is 301 Å². The molecule has 1 fully saturated rings. The predicted molar refractivity (Wildman–Crippen MR) is 208 cm³/mol. The molecule has 2 nitrogen and oxygen atoms in total. The molecule has 2 aliphatic rings. The maximum Gasteiger partial charge on any atom is 0.160 e. The largest absolute Gasteiger partial charge is 0.228 e. The summed E-state index contributed by atoms with van der Waals surface area (Å²) in [6.07, 6.45) is -3.09. The van der Waals surface area contributed by atoms with Crippen molar-refractivity contribution in [3.8, 4) is 67.3 Å². The highest BCUT2D eigenvalue weighted by atomic mass is 14.9. The van der Waals surface area contributed by atoms with Crippen LogP contribution in [0.5, 0.6) is 0 Å². The average Bonchev–Trinajstić information content (AvgIpc) is 3.49. The van der Waals surface area contributed by atoms with Gasteiger partial charge >= 0.3 is 0 Å². The number of aromatic nitrogens is 2. The van der Waals surface area contributed by atoms with Gasteiger partial charge in [0.05, 0.1) is 11.4 Å². The summed E-state index contributed by atoms with van der Waals surface area (Å²) in [6.45, 7) is 3.98. The van der Waals surface area contributed by atoms with E-state index in [1.165, 1.54) is 0 Å². The normalized spacial score (nSPS) is 18.6. The molecule has 0 amide bonds. The smallest absolute Gasteiger partial charge is 0.160 e. The third-order valence-electron chi connectivity index (χ3n) is 10.2. The molecule has 0 bridgehead atoms. The van der Waals surface area contributed by atoms with Crippen LogP contribution in [-0.2, 0) is 5.41 Å². The van der Waals surface area contributed by atoms with Crippen molar-refractivity contribution in [3.05, 3.63) is 169 Å². The van der Waals surface area contributed by atoms with Gasteiger partial charge in [-0.1, -0.05) is 147 Å². The van der Waals surface area contributed by atoms with Crippen LogP contribution in [0, 0.1) is 5.41 Å². The van der Waals surface area contributed by atoms with Crippen molar-refractivity contribution < 1.29 is 5.48 Å². The summed E-state index contributed by atoms with van der Waals surface area (Å²) in [5.41, 5.74) is 10.1. The van der Waals surface area contributed by atoms with Gasteiger partial charge in [-0.3, -0.25) is 0 Å². The first kappa shape index (κ1) is 26.3. The Morgan fingerprint density at radius 2 is 0.940 bits per heavy atom. The van der Waals surface area contributed by atoms with Gasteiger partial charge in [-0.2, -0.15) is 0 Å². The highest BCUT2D eigenvalue weighted by molar-refractivity contribution is 5.85. The zero-order valence-corrected chi connectivity index (χ0v) is 28.3. The maximum atomic E-state index is 9.60. The molecule has 1 spiro atoms. The molecule has 0 radical (unpaired) electrons. The topological polar surface area (TPSA) is 25.8 Å². The Hall–Kier alpha value is -5.60. The zero-order chi connectivity index (χ0) is 37.3. The third-order valence-corrected chi connectivity index (χ3v) is 10.2. The number of hydrogen-bond acceptors (Lipinski definition) is 2. The Bertz CT molecular complexity index is 2470. The van der Waals surface area contributed by atoms with Gasteiger partial charge < -0.3 is 0 Å². The van der Waals surface area contributed by atoms with Crippen LogP contribution in [0.15, 0.2) is 158 Å². The Balaban J connectivity index is 1.13. The fourth-order valence-electron chi connectivity index (χ4n) is 7.51. The molecule has 6 aromatic carbocycles. The van der Waals surface area contributed by atoms with Crippen LogP contribution in [0.3, 0.4) is 0 Å². The molecule has 1 saturated carbocycles. The van der Waals surface area contributed by atoms with E-state index in [1.54, 1.807) is 0 Å². The molecule has 1 heterocycles. The molecule has 2 aliphatic carbocycles. The van der Waals surface area contributed by atoms with E-state index >= 15 is 0 Å². The molecule has 7 aromatic rings. The van der Waals surface area contributed by atoms with Crippen molar-refractivity contribution in [2.45, 2.75) is 44.8 Å². The first-order chi connectivity index (χ1) is 26.0. The van der Waals surface area contributed by atoms with Crippen LogP contribution in [0.1, 0.15) is 56.0 Å². The molecular weight excluding hydrogens is 605 g/mol. The Morgan fingerprint density at radius 3 is 1.62 bits per heavy atom. The SMILES string of the molecule is [2H]C1([2H])CC(C)(C)CC([2H])([2H])C12c1ccccc1-c1ccc(-c3cccc(-c4cccc(-c5cc(-c6ccccc6)nc(-c6ccccc6)n5)c4)c3)cc12. The Kier molecular flexibility index (Phi) is 6.35. The van der Waals surface area contributed by atoms with E-state index in [2.05, 4.69) is 84.9 Å². The lowest BCUT2D eigenvalue weighted by Gasteiger charge is -2.43. The van der Waals surface area contributed by atoms with Crippen LogP contribution in [0.25, 0.3) is 67.3 Å². The summed E-state index contributed by atoms with van der Waals surface area (Å²) in [4.78, 5) is 10.0. The van der Waals surface area contributed by atoms with E-state index in [9.17, 15) is 5.48 Å². The summed E-state index contributed by atoms with van der Waals surface area (Å²) in [5.74, 6) is 0.672. The van der Waals surface area contributed by atoms with Gasteiger partial charge in [0.15, 0.2) is 5.82 Å². The number of nitrogens with zero attached hydrogens (tertiary/aromatic N) is 2. The van der Waals surface area contributed by atoms with Crippen molar-refractivity contribution in [3.63, 3.8) is 0 Å². The van der Waals surface area contributed by atoms with E-state index in [0.717, 1.165) is 72.6 Å². The van der Waals surface area contributed by atoms with Crippen LogP contribution >= 0.6 is 0 Å². The first-order valence-electron chi connectivity index (χ1n) is 19.4. The van der Waals surface area contributed by atoms with Gasteiger partial charge in [0.2, 0.25) is 0 Å². The van der Waals surface area contributed by atoms with E-state index in [4.69, 9.17) is 9.97 Å². The minimum Gasteiger partial charge on any atom is -0.228 e. The summed E-state index contributed by atoms with van der Waals surface area (Å²) < 4.78 is 38.4. The van der Waals surface area contributed by atoms with E-state index in [0.29, 0.717) is 5.82 Å². The van der Waals surface area contributed by atoms with E-state index in [1.807, 2.05) is 86.6 Å². The van der Waals surface area contributed by atoms with Crippen LogP contribution in [-0.4, -0.2) is 9.97 Å². The Morgan fingerprint density at radius 1 is 0.440 bits per heavy atom. The van der Waals surface area contributed by atoms with Crippen molar-refractivity contribution >= 4 is 0 Å². The summed E-state index contributed by atoms with van der Waals surface area (Å²) in [6, 6.07) is 53.3. The summed E-state index contributed by atoms with van der Waals surface area (Å²) in [5, 5.41) is 0. The highest BCUT2D eigenvalue weighted by Gasteiger charge is 2.46. The molecule has 2 heteroatoms. The summed E-state index contributed by atoms with van der Waals surface area (Å²) in [7, 11) is 0. The van der Waals surface area contributed by atoms with Crippen molar-refractivity contribution in [1.82, 2.24) is 9.97 Å². The molecular formula is C48H40N2. The second kappa shape index (κ2) is 12.1. The molecule has 1 aromatic heterocycles. The van der Waals surface area contributed by atoms with Crippen LogP contribution in [0.2, 0.25) is 0 Å². The highest BCUT2D eigenvalue weighted by Crippen LogP contribution is 2.58. The fourth-order valence-corrected chi connectivity index (χ4v) is 7.51. The molecule has 50 heavy (non-hydrogen) atoms. The lowest BCUT2D eigenvalue weighted by atomic mass is 9.61. The average molecular weight is 649 g/mol. The number of fused-ring (bicyclic) bond motifs is 5. The second-order valence-corrected chi connectivity index (χ2v) is 14.3. The van der Waals surface area contributed by atoms with Crippen molar-refractivity contribution in [2.24, 2.45) is 5.41 Å². The van der Waals surface area contributed by atoms with Gasteiger partial charge in [0, 0.05) is 27.6 Å². The van der Waals surface area contributed by atoms with E-state index in [-0.39, 0.29) is 12.8 Å². The molecule has 0 saturated heterocycles. The lowest BCUT2D eigenvalue weighted by molar-refractivity contribution is 0.188. The molecule has 0 aliphatic heterocycles. The molecule has 0 unspecified atom stereocenters. The quantitative estimate of drug-likeness (QED) is 0.186. The lowest BCUT2D eigenvalue weighted by Crippen LogP contribution is -2.34. The number of rotatable bonds is 5. The third kappa shape index (κ3) is 5.36. The number of benzene rings is 6. The van der Waals surface area contributed by atoms with Crippen LogP contribution < -0.4 is 0 Å². The molecule has 0 N–H and O–H groups in total. The van der Waals surface area contributed by atoms with Crippen LogP contribution in [0.4, 0.5) is 0 Å². The first-order valence-corrected chi connectivity index (χ1v) is 17.4. The maximum absolute atomic E-state index is 9.60. The standard InChI is InChI=1S/C48H40N2/c1-47(2)25-27-48(28-26-47)42-22-10-9-21-40(42)41-24-23-38(31-43(41)48)36-18-11-17-35(29-36)37-19-12-20-39(30-37)45-32-44(33-13-5-3-6-14-33)49-46(50-45)34-15-7-4-8-16-34/h3-24,29-32H,25-28H2,1-2H3/i27D2,28D2. The van der Waals surface area contributed by atoms with Gasteiger partial charge in [0.1, 0.15) is 0 Å². The minimum absolute atomic E-state index is 0.273. The molecule has 0 atom stereocenters. The zero-order valence-electron chi connectivity index (χ0n) is 32.3. The fraction of sp³-hybridized carbons (Fsp3) is 0.167. The van der Waals surface area contributed by atoms with Gasteiger partial charge in [0.25, 0.3) is 0 Å². The van der Waals surface area contributed by atoms with Crippen molar-refractivity contribution in [2.75, 3.05) is 0 Å². The van der Waals surface area contributed by atoms with Crippen molar-refractivity contribution in [1.29, 1.82) is 0 Å². The van der Waals surface area contributed by atoms with Gasteiger partial charge in [-0.05, 0) is 99.8 Å². The predicted octanol–water partition coefficient (Wildman–Crippen LogP) is 12.7. The molecule has 242 valence electrons. The van der Waals surface area contributed by atoms with E-state index < -0.39 is 23.6 Å². The monoisotopic (exact) mass is 648 g/mol. The minimum atomic E-state index is -1.82. The second-order valence-electron chi connectivity index (χ2n) is 14.3. The summed E-state index contributed by atoms with van der Waals surface area (Å²) >= 11 is 0. The number of hydrogen-bond donors (Lipinski definition) is 0.